The van der Waals surface area contributed by atoms with Gasteiger partial charge in [-0.2, -0.15) is 4.52 Å². The van der Waals surface area contributed by atoms with Gasteiger partial charge in [0, 0.05) is 24.2 Å². The minimum Gasteiger partial charge on any atom is -0.355 e. The molecule has 5 heteroatoms. The minimum absolute atomic E-state index is 0.864. The average molecular weight is 231 g/mol. The van der Waals surface area contributed by atoms with E-state index in [0.717, 1.165) is 24.6 Å². The molecule has 2 aromatic rings. The van der Waals surface area contributed by atoms with Crippen LogP contribution in [0, 0.1) is 13.8 Å². The van der Waals surface area contributed by atoms with E-state index in [1.807, 2.05) is 0 Å². The third-order valence-electron chi connectivity index (χ3n) is 3.62. The molecule has 3 heterocycles. The van der Waals surface area contributed by atoms with E-state index in [1.54, 1.807) is 10.8 Å². The summed E-state index contributed by atoms with van der Waals surface area (Å²) < 4.78 is 1.78. The molecule has 0 radical (unpaired) electrons. The molecule has 2 aromatic heterocycles. The Kier molecular flexibility index (Phi) is 2.46. The van der Waals surface area contributed by atoms with Crippen molar-refractivity contribution in [2.75, 3.05) is 18.0 Å². The van der Waals surface area contributed by atoms with Crippen molar-refractivity contribution in [2.45, 2.75) is 33.1 Å². The summed E-state index contributed by atoms with van der Waals surface area (Å²) in [7, 11) is 0. The highest BCUT2D eigenvalue weighted by Gasteiger charge is 2.17. The highest BCUT2D eigenvalue weighted by Crippen LogP contribution is 2.24. The number of fused-ring (bicyclic) bond motifs is 1. The molecule has 0 amide bonds. The van der Waals surface area contributed by atoms with Gasteiger partial charge in [-0.15, -0.1) is 15.3 Å². The number of hydrogen-bond donors (Lipinski definition) is 0. The number of piperidine rings is 1. The van der Waals surface area contributed by atoms with Gasteiger partial charge in [0.15, 0.2) is 11.5 Å². The molecule has 0 aliphatic carbocycles. The molecule has 0 unspecified atom stereocenters. The Bertz CT molecular complexity index is 539. The molecule has 90 valence electrons. The molecule has 1 fully saturated rings. The van der Waals surface area contributed by atoms with Crippen molar-refractivity contribution in [2.24, 2.45) is 0 Å². The molecular formula is C12H17N5. The summed E-state index contributed by atoms with van der Waals surface area (Å²) in [5, 5.41) is 12.7. The molecule has 0 saturated carbocycles. The van der Waals surface area contributed by atoms with Gasteiger partial charge >= 0.3 is 0 Å². The van der Waals surface area contributed by atoms with E-state index >= 15 is 0 Å². The quantitative estimate of drug-likeness (QED) is 0.750. The molecular weight excluding hydrogens is 214 g/mol. The van der Waals surface area contributed by atoms with Crippen LogP contribution >= 0.6 is 0 Å². The average Bonchev–Trinajstić information content (AvgIpc) is 2.83. The summed E-state index contributed by atoms with van der Waals surface area (Å²) >= 11 is 0. The van der Waals surface area contributed by atoms with Crippen molar-refractivity contribution >= 4 is 11.5 Å². The van der Waals surface area contributed by atoms with Gasteiger partial charge in [0.05, 0.1) is 0 Å². The van der Waals surface area contributed by atoms with E-state index in [0.29, 0.717) is 0 Å². The monoisotopic (exact) mass is 231 g/mol. The van der Waals surface area contributed by atoms with Crippen LogP contribution in [0.4, 0.5) is 5.82 Å². The normalized spacial score (nSPS) is 16.7. The third-order valence-corrected chi connectivity index (χ3v) is 3.62. The molecule has 17 heavy (non-hydrogen) atoms. The van der Waals surface area contributed by atoms with Gasteiger partial charge in [-0.25, -0.2) is 0 Å². The largest absolute Gasteiger partial charge is 0.355 e. The fourth-order valence-corrected chi connectivity index (χ4v) is 2.47. The van der Waals surface area contributed by atoms with E-state index in [2.05, 4.69) is 34.0 Å². The zero-order valence-corrected chi connectivity index (χ0v) is 10.3. The highest BCUT2D eigenvalue weighted by atomic mass is 15.4. The Morgan fingerprint density at radius 1 is 1.06 bits per heavy atom. The summed E-state index contributed by atoms with van der Waals surface area (Å²) in [5.74, 6) is 1.09. The van der Waals surface area contributed by atoms with Crippen LogP contribution in [-0.2, 0) is 0 Å². The second-order valence-corrected chi connectivity index (χ2v) is 4.72. The second kappa shape index (κ2) is 3.98. The smallest absolute Gasteiger partial charge is 0.180 e. The SMILES string of the molecule is Cc1c(N2CCCCC2)nn2cnnc2c1C. The van der Waals surface area contributed by atoms with Crippen molar-refractivity contribution in [3.8, 4) is 0 Å². The molecule has 0 N–H and O–H groups in total. The molecule has 5 nitrogen and oxygen atoms in total. The van der Waals surface area contributed by atoms with E-state index in [-0.39, 0.29) is 0 Å². The van der Waals surface area contributed by atoms with Crippen LogP contribution in [0.25, 0.3) is 5.65 Å². The maximum absolute atomic E-state index is 4.64. The lowest BCUT2D eigenvalue weighted by Gasteiger charge is -2.29. The summed E-state index contributed by atoms with van der Waals surface area (Å²) in [6.45, 7) is 6.44. The number of aryl methyl sites for hydroxylation is 1. The molecule has 1 aliphatic heterocycles. The Balaban J connectivity index is 2.11. The molecule has 1 saturated heterocycles. The molecule has 0 spiro atoms. The van der Waals surface area contributed by atoms with Crippen LogP contribution < -0.4 is 4.90 Å². The molecule has 1 aliphatic rings. The van der Waals surface area contributed by atoms with Gasteiger partial charge in [-0.1, -0.05) is 0 Å². The lowest BCUT2D eigenvalue weighted by atomic mass is 10.1. The van der Waals surface area contributed by atoms with Gasteiger partial charge in [-0.3, -0.25) is 0 Å². The standard InChI is InChI=1S/C12H17N5/c1-9-10(2)12(16-6-4-3-5-7-16)15-17-8-13-14-11(9)17/h8H,3-7H2,1-2H3. The van der Waals surface area contributed by atoms with Gasteiger partial charge in [-0.05, 0) is 33.1 Å². The first-order valence-electron chi connectivity index (χ1n) is 6.19. The number of hydrogen-bond acceptors (Lipinski definition) is 4. The summed E-state index contributed by atoms with van der Waals surface area (Å²) in [4.78, 5) is 2.38. The van der Waals surface area contributed by atoms with Gasteiger partial charge in [0.2, 0.25) is 0 Å². The maximum atomic E-state index is 4.64. The Morgan fingerprint density at radius 3 is 2.59 bits per heavy atom. The number of aromatic nitrogens is 4. The van der Waals surface area contributed by atoms with Crippen molar-refractivity contribution in [1.82, 2.24) is 19.8 Å². The van der Waals surface area contributed by atoms with Crippen LogP contribution in [0.3, 0.4) is 0 Å². The summed E-state index contributed by atoms with van der Waals surface area (Å²) in [6.07, 6.45) is 5.54. The van der Waals surface area contributed by atoms with E-state index < -0.39 is 0 Å². The van der Waals surface area contributed by atoms with Crippen LogP contribution in [0.2, 0.25) is 0 Å². The van der Waals surface area contributed by atoms with Crippen molar-refractivity contribution in [3.63, 3.8) is 0 Å². The van der Waals surface area contributed by atoms with Crippen molar-refractivity contribution < 1.29 is 0 Å². The van der Waals surface area contributed by atoms with Gasteiger partial charge in [0.25, 0.3) is 0 Å². The Hall–Kier alpha value is -1.65. The summed E-state index contributed by atoms with van der Waals surface area (Å²) in [6, 6.07) is 0. The van der Waals surface area contributed by atoms with Crippen LogP contribution in [-0.4, -0.2) is 32.9 Å². The fourth-order valence-electron chi connectivity index (χ4n) is 2.47. The lowest BCUT2D eigenvalue weighted by Crippen LogP contribution is -2.31. The molecule has 3 rings (SSSR count). The number of rotatable bonds is 1. The topological polar surface area (TPSA) is 46.3 Å². The summed E-state index contributed by atoms with van der Waals surface area (Å²) in [5.41, 5.74) is 3.27. The zero-order chi connectivity index (χ0) is 11.8. The molecule has 0 aromatic carbocycles. The van der Waals surface area contributed by atoms with Gasteiger partial charge in [0.1, 0.15) is 6.33 Å². The second-order valence-electron chi connectivity index (χ2n) is 4.72. The predicted molar refractivity (Wildman–Crippen MR) is 66.3 cm³/mol. The Morgan fingerprint density at radius 2 is 1.82 bits per heavy atom. The molecule has 0 atom stereocenters. The first-order valence-corrected chi connectivity index (χ1v) is 6.19. The van der Waals surface area contributed by atoms with E-state index in [9.17, 15) is 0 Å². The third kappa shape index (κ3) is 1.66. The minimum atomic E-state index is 0.864. The maximum Gasteiger partial charge on any atom is 0.180 e. The fraction of sp³-hybridized carbons (Fsp3) is 0.583. The zero-order valence-electron chi connectivity index (χ0n) is 10.3. The van der Waals surface area contributed by atoms with E-state index in [1.165, 1.54) is 30.4 Å². The van der Waals surface area contributed by atoms with Crippen LogP contribution in [0.5, 0.6) is 0 Å². The van der Waals surface area contributed by atoms with Crippen LogP contribution in [0.1, 0.15) is 30.4 Å². The van der Waals surface area contributed by atoms with Crippen molar-refractivity contribution in [3.05, 3.63) is 17.5 Å². The molecule has 0 bridgehead atoms. The first kappa shape index (κ1) is 10.5. The number of anilines is 1. The Labute approximate surface area is 100 Å². The van der Waals surface area contributed by atoms with Crippen LogP contribution in [0.15, 0.2) is 6.33 Å². The highest BCUT2D eigenvalue weighted by molar-refractivity contribution is 5.58. The van der Waals surface area contributed by atoms with Gasteiger partial charge < -0.3 is 4.90 Å². The predicted octanol–water partition coefficient (Wildman–Crippen LogP) is 1.73. The number of nitrogens with zero attached hydrogens (tertiary/aromatic N) is 5. The van der Waals surface area contributed by atoms with E-state index in [4.69, 9.17) is 0 Å². The first-order chi connectivity index (χ1) is 8.27. The lowest BCUT2D eigenvalue weighted by molar-refractivity contribution is 0.568. The van der Waals surface area contributed by atoms with Crippen molar-refractivity contribution in [1.29, 1.82) is 0 Å².